The summed E-state index contributed by atoms with van der Waals surface area (Å²) >= 11 is 0. The highest BCUT2D eigenvalue weighted by molar-refractivity contribution is 5.85. The molecule has 0 radical (unpaired) electrons. The van der Waals surface area contributed by atoms with Gasteiger partial charge in [-0.1, -0.05) is 32.4 Å². The smallest absolute Gasteiger partial charge is 0.237 e. The molecule has 2 rings (SSSR count). The van der Waals surface area contributed by atoms with Gasteiger partial charge in [0, 0.05) is 12.0 Å². The van der Waals surface area contributed by atoms with Crippen LogP contribution in [0.1, 0.15) is 38.2 Å². The van der Waals surface area contributed by atoms with Crippen molar-refractivity contribution in [3.63, 3.8) is 0 Å². The highest BCUT2D eigenvalue weighted by Gasteiger charge is 2.40. The van der Waals surface area contributed by atoms with E-state index in [1.54, 1.807) is 6.07 Å². The number of halogens is 2. The number of carbonyl (C=O) groups is 1. The summed E-state index contributed by atoms with van der Waals surface area (Å²) in [6.45, 7) is 3.99. The SMILES string of the molecule is CCC(C)C(N)C(=O)NC1CC1c1cccc(F)c1.Cl. The summed E-state index contributed by atoms with van der Waals surface area (Å²) in [7, 11) is 0. The third kappa shape index (κ3) is 3.93. The van der Waals surface area contributed by atoms with Gasteiger partial charge in [0.1, 0.15) is 5.82 Å². The van der Waals surface area contributed by atoms with Gasteiger partial charge in [-0.2, -0.15) is 0 Å². The van der Waals surface area contributed by atoms with Crippen LogP contribution in [0.2, 0.25) is 0 Å². The molecule has 0 spiro atoms. The van der Waals surface area contributed by atoms with Crippen molar-refractivity contribution in [1.82, 2.24) is 5.32 Å². The summed E-state index contributed by atoms with van der Waals surface area (Å²) in [4.78, 5) is 11.9. The first-order valence-corrected chi connectivity index (χ1v) is 6.84. The highest BCUT2D eigenvalue weighted by atomic mass is 35.5. The van der Waals surface area contributed by atoms with Crippen LogP contribution in [0, 0.1) is 11.7 Å². The molecule has 1 fully saturated rings. The molecule has 20 heavy (non-hydrogen) atoms. The Labute approximate surface area is 125 Å². The maximum absolute atomic E-state index is 13.1. The molecule has 1 aromatic carbocycles. The molecule has 0 aromatic heterocycles. The molecule has 1 amide bonds. The van der Waals surface area contributed by atoms with Crippen molar-refractivity contribution in [2.45, 2.75) is 44.7 Å². The van der Waals surface area contributed by atoms with E-state index < -0.39 is 6.04 Å². The first kappa shape index (κ1) is 16.9. The fourth-order valence-corrected chi connectivity index (χ4v) is 2.25. The Bertz CT molecular complexity index is 469. The Morgan fingerprint density at radius 1 is 1.55 bits per heavy atom. The van der Waals surface area contributed by atoms with Crippen molar-refractivity contribution >= 4 is 18.3 Å². The van der Waals surface area contributed by atoms with Gasteiger partial charge in [-0.15, -0.1) is 12.4 Å². The van der Waals surface area contributed by atoms with E-state index in [9.17, 15) is 9.18 Å². The summed E-state index contributed by atoms with van der Waals surface area (Å²) < 4.78 is 13.1. The lowest BCUT2D eigenvalue weighted by molar-refractivity contribution is -0.123. The van der Waals surface area contributed by atoms with E-state index in [0.717, 1.165) is 18.4 Å². The molecular weight excluding hydrogens is 279 g/mol. The first-order valence-electron chi connectivity index (χ1n) is 6.84. The molecule has 0 bridgehead atoms. The topological polar surface area (TPSA) is 55.1 Å². The van der Waals surface area contributed by atoms with E-state index in [0.29, 0.717) is 0 Å². The quantitative estimate of drug-likeness (QED) is 0.878. The summed E-state index contributed by atoms with van der Waals surface area (Å²) in [6, 6.07) is 6.20. The second-order valence-electron chi connectivity index (χ2n) is 5.42. The van der Waals surface area contributed by atoms with Crippen LogP contribution in [0.15, 0.2) is 24.3 Å². The number of hydrogen-bond donors (Lipinski definition) is 2. The van der Waals surface area contributed by atoms with E-state index in [2.05, 4.69) is 5.32 Å². The van der Waals surface area contributed by atoms with Gasteiger partial charge in [-0.3, -0.25) is 4.79 Å². The van der Waals surface area contributed by atoms with Gasteiger partial charge in [0.2, 0.25) is 5.91 Å². The lowest BCUT2D eigenvalue weighted by atomic mass is 9.99. The zero-order chi connectivity index (χ0) is 14.0. The Kier molecular flexibility index (Phi) is 5.96. The monoisotopic (exact) mass is 300 g/mol. The number of rotatable bonds is 5. The number of nitrogens with one attached hydrogen (secondary N) is 1. The van der Waals surface area contributed by atoms with Crippen LogP contribution in [0.3, 0.4) is 0 Å². The van der Waals surface area contributed by atoms with Crippen LogP contribution in [0.5, 0.6) is 0 Å². The summed E-state index contributed by atoms with van der Waals surface area (Å²) in [5, 5.41) is 2.95. The molecule has 1 aliphatic carbocycles. The van der Waals surface area contributed by atoms with Gasteiger partial charge < -0.3 is 11.1 Å². The zero-order valence-corrected chi connectivity index (χ0v) is 12.6. The minimum atomic E-state index is -0.459. The molecule has 3 N–H and O–H groups in total. The van der Waals surface area contributed by atoms with E-state index in [1.807, 2.05) is 19.9 Å². The van der Waals surface area contributed by atoms with E-state index in [-0.39, 0.29) is 42.0 Å². The summed E-state index contributed by atoms with van der Waals surface area (Å²) in [6.07, 6.45) is 1.75. The van der Waals surface area contributed by atoms with Crippen LogP contribution in [0.4, 0.5) is 4.39 Å². The van der Waals surface area contributed by atoms with Crippen molar-refractivity contribution in [2.75, 3.05) is 0 Å². The molecule has 3 nitrogen and oxygen atoms in total. The highest BCUT2D eigenvalue weighted by Crippen LogP contribution is 2.40. The number of amides is 1. The van der Waals surface area contributed by atoms with Gasteiger partial charge in [-0.05, 0) is 30.0 Å². The first-order chi connectivity index (χ1) is 9.02. The van der Waals surface area contributed by atoms with Crippen LogP contribution < -0.4 is 11.1 Å². The van der Waals surface area contributed by atoms with Gasteiger partial charge in [-0.25, -0.2) is 4.39 Å². The molecule has 5 heteroatoms. The molecule has 0 heterocycles. The van der Waals surface area contributed by atoms with Gasteiger partial charge in [0.15, 0.2) is 0 Å². The number of hydrogen-bond acceptors (Lipinski definition) is 2. The normalized spacial score (nSPS) is 23.4. The van der Waals surface area contributed by atoms with Crippen molar-refractivity contribution in [1.29, 1.82) is 0 Å². The molecule has 1 aliphatic rings. The number of carbonyl (C=O) groups excluding carboxylic acids is 1. The molecule has 112 valence electrons. The standard InChI is InChI=1S/C15H21FN2O.ClH/c1-3-9(2)14(17)15(19)18-13-8-12(13)10-5-4-6-11(16)7-10;/h4-7,9,12-14H,3,8,17H2,1-2H3,(H,18,19);1H. The van der Waals surface area contributed by atoms with Crippen molar-refractivity contribution < 1.29 is 9.18 Å². The number of nitrogens with two attached hydrogens (primary N) is 1. The Morgan fingerprint density at radius 3 is 2.85 bits per heavy atom. The van der Waals surface area contributed by atoms with Gasteiger partial charge in [0.25, 0.3) is 0 Å². The lowest BCUT2D eigenvalue weighted by Crippen LogP contribution is -2.45. The Balaban J connectivity index is 0.00000200. The molecule has 4 unspecified atom stereocenters. The fraction of sp³-hybridized carbons (Fsp3) is 0.533. The largest absolute Gasteiger partial charge is 0.351 e. The van der Waals surface area contributed by atoms with Crippen molar-refractivity contribution in [3.8, 4) is 0 Å². The average Bonchev–Trinajstić information content (AvgIpc) is 3.16. The third-order valence-corrected chi connectivity index (χ3v) is 3.95. The lowest BCUT2D eigenvalue weighted by Gasteiger charge is -2.17. The van der Waals surface area contributed by atoms with Crippen LogP contribution in [-0.4, -0.2) is 18.0 Å². The minimum Gasteiger partial charge on any atom is -0.351 e. The second-order valence-corrected chi connectivity index (χ2v) is 5.42. The molecule has 0 aliphatic heterocycles. The Morgan fingerprint density at radius 2 is 2.25 bits per heavy atom. The molecule has 1 saturated carbocycles. The fourth-order valence-electron chi connectivity index (χ4n) is 2.25. The van der Waals surface area contributed by atoms with Crippen molar-refractivity contribution in [3.05, 3.63) is 35.6 Å². The van der Waals surface area contributed by atoms with Crippen LogP contribution >= 0.6 is 12.4 Å². The second kappa shape index (κ2) is 7.04. The van der Waals surface area contributed by atoms with E-state index >= 15 is 0 Å². The Hall–Kier alpha value is -1.13. The van der Waals surface area contributed by atoms with Gasteiger partial charge >= 0.3 is 0 Å². The summed E-state index contributed by atoms with van der Waals surface area (Å²) in [5.74, 6) is 0.0687. The van der Waals surface area contributed by atoms with E-state index in [1.165, 1.54) is 12.1 Å². The van der Waals surface area contributed by atoms with Crippen molar-refractivity contribution in [2.24, 2.45) is 11.7 Å². The predicted molar refractivity (Wildman–Crippen MR) is 80.4 cm³/mol. The molecule has 4 atom stereocenters. The predicted octanol–water partition coefficient (Wildman–Crippen LogP) is 2.59. The molecule has 1 aromatic rings. The average molecular weight is 301 g/mol. The third-order valence-electron chi connectivity index (χ3n) is 3.95. The van der Waals surface area contributed by atoms with Crippen LogP contribution in [0.25, 0.3) is 0 Å². The van der Waals surface area contributed by atoms with Crippen LogP contribution in [-0.2, 0) is 4.79 Å². The number of benzene rings is 1. The molecular formula is C15H22ClFN2O. The maximum atomic E-state index is 13.1. The molecule has 0 saturated heterocycles. The zero-order valence-electron chi connectivity index (χ0n) is 11.8. The van der Waals surface area contributed by atoms with Gasteiger partial charge in [0.05, 0.1) is 6.04 Å². The maximum Gasteiger partial charge on any atom is 0.237 e. The minimum absolute atomic E-state index is 0. The summed E-state index contributed by atoms with van der Waals surface area (Å²) in [5.41, 5.74) is 6.83. The van der Waals surface area contributed by atoms with E-state index in [4.69, 9.17) is 5.73 Å².